The number of rotatable bonds is 4. The van der Waals surface area contributed by atoms with E-state index in [2.05, 4.69) is 65.2 Å². The molecule has 0 spiro atoms. The largest absolute Gasteiger partial charge is 0.292 e. The molecule has 0 amide bonds. The van der Waals surface area contributed by atoms with E-state index in [1.165, 1.54) is 5.39 Å². The van der Waals surface area contributed by atoms with Crippen LogP contribution in [0.3, 0.4) is 0 Å². The van der Waals surface area contributed by atoms with Gasteiger partial charge in [-0.05, 0) is 95.7 Å². The van der Waals surface area contributed by atoms with Gasteiger partial charge in [0.2, 0.25) is 0 Å². The average Bonchev–Trinajstić information content (AvgIpc) is 3.63. The highest BCUT2D eigenvalue weighted by atomic mass is 15.1. The van der Waals surface area contributed by atoms with Gasteiger partial charge in [0.25, 0.3) is 0 Å². The third-order valence-electron chi connectivity index (χ3n) is 9.42. The van der Waals surface area contributed by atoms with Gasteiger partial charge in [-0.1, -0.05) is 152 Å². The fourth-order valence-electron chi connectivity index (χ4n) is 7.20. The molecule has 0 saturated heterocycles. The molecular weight excluding hydrogens is 593 g/mol. The van der Waals surface area contributed by atoms with Crippen molar-refractivity contribution in [1.29, 1.82) is 0 Å². The van der Waals surface area contributed by atoms with E-state index in [4.69, 9.17) is 11.8 Å². The third kappa shape index (κ3) is 4.46. The van der Waals surface area contributed by atoms with E-state index in [-0.39, 0.29) is 40.5 Å². The summed E-state index contributed by atoms with van der Waals surface area (Å²) in [6, 6.07) is 44.5. The topological polar surface area (TPSA) is 17.8 Å². The fourth-order valence-corrected chi connectivity index (χ4v) is 7.20. The molecule has 0 atom stereocenters. The number of hydrogen-bond acceptors (Lipinski definition) is 1. The first-order chi connectivity index (χ1) is 27.2. The maximum atomic E-state index is 9.39. The van der Waals surface area contributed by atoms with Crippen LogP contribution in [0.1, 0.15) is 9.60 Å². The Bertz CT molecular complexity index is 3220. The Labute approximate surface area is 294 Å². The summed E-state index contributed by atoms with van der Waals surface area (Å²) < 4.78 is 63.6. The van der Waals surface area contributed by atoms with Crippen LogP contribution in [0.15, 0.2) is 182 Å². The van der Waals surface area contributed by atoms with E-state index in [9.17, 15) is 2.74 Å². The van der Waals surface area contributed by atoms with E-state index in [1.54, 1.807) is 0 Å². The van der Waals surface area contributed by atoms with Crippen molar-refractivity contribution in [2.45, 2.75) is 0 Å². The summed E-state index contributed by atoms with van der Waals surface area (Å²) in [4.78, 5) is 5.12. The number of benzene rings is 9. The van der Waals surface area contributed by atoms with Crippen LogP contribution in [0.2, 0.25) is 0 Å². The van der Waals surface area contributed by atoms with Crippen LogP contribution in [0.25, 0.3) is 93.5 Å². The Kier molecular flexibility index (Phi) is 4.82. The first-order valence-corrected chi connectivity index (χ1v) is 16.2. The number of hydrogen-bond donors (Lipinski definition) is 0. The van der Waals surface area contributed by atoms with Gasteiger partial charge in [-0.25, -0.2) is 4.98 Å². The van der Waals surface area contributed by atoms with Gasteiger partial charge in [0.05, 0.1) is 20.6 Å². The number of nitrogens with zero attached hydrogens (tertiary/aromatic N) is 2. The van der Waals surface area contributed by atoms with Crippen molar-refractivity contribution in [1.82, 2.24) is 9.55 Å². The van der Waals surface area contributed by atoms with Gasteiger partial charge in [0.15, 0.2) is 0 Å². The lowest BCUT2D eigenvalue weighted by molar-refractivity contribution is 1.11. The zero-order valence-corrected chi connectivity index (χ0v) is 26.2. The minimum atomic E-state index is -0.486. The van der Waals surface area contributed by atoms with Crippen LogP contribution in [-0.4, -0.2) is 9.55 Å². The van der Waals surface area contributed by atoms with Gasteiger partial charge in [-0.3, -0.25) is 4.57 Å². The summed E-state index contributed by atoms with van der Waals surface area (Å²) in [5, 5.41) is 5.45. The molecule has 0 aliphatic carbocycles. The standard InChI is InChI=1S/C47H30N2/c1-3-13-35-29-37(26-21-31(35)11-1)46-41-17-7-5-15-39(41)45(40-16-6-8-18-42(40)46)33-22-24-34(25-23-33)47-48-43-19-9-10-20-44(43)49(47)38-28-27-32-12-2-4-14-36(32)30-38/h1-30H/i1D,3D,11D,13D,21D,26D,29D. The number of fused-ring (bicyclic) bond motifs is 5. The highest BCUT2D eigenvalue weighted by molar-refractivity contribution is 6.21. The van der Waals surface area contributed by atoms with Gasteiger partial charge in [-0.2, -0.15) is 0 Å². The number of para-hydroxylation sites is 2. The van der Waals surface area contributed by atoms with Crippen molar-refractivity contribution in [3.05, 3.63) is 182 Å². The van der Waals surface area contributed by atoms with Crippen LogP contribution in [0, 0.1) is 0 Å². The molecule has 0 N–H and O–H groups in total. The molecule has 0 radical (unpaired) electrons. The Morgan fingerprint density at radius 3 is 1.78 bits per heavy atom. The van der Waals surface area contributed by atoms with Gasteiger partial charge in [0.1, 0.15) is 5.82 Å². The second-order valence-electron chi connectivity index (χ2n) is 12.2. The second-order valence-corrected chi connectivity index (χ2v) is 12.2. The van der Waals surface area contributed by atoms with E-state index >= 15 is 0 Å². The minimum Gasteiger partial charge on any atom is -0.292 e. The zero-order chi connectivity index (χ0) is 38.4. The summed E-state index contributed by atoms with van der Waals surface area (Å²) >= 11 is 0. The molecular formula is C47H30N2. The van der Waals surface area contributed by atoms with E-state index in [1.807, 2.05) is 78.9 Å². The highest BCUT2D eigenvalue weighted by Crippen LogP contribution is 2.44. The maximum Gasteiger partial charge on any atom is 0.145 e. The zero-order valence-electron chi connectivity index (χ0n) is 33.2. The number of imidazole rings is 1. The lowest BCUT2D eigenvalue weighted by Crippen LogP contribution is -1.98. The predicted molar refractivity (Wildman–Crippen MR) is 207 cm³/mol. The first kappa shape index (κ1) is 21.4. The molecule has 2 heteroatoms. The molecule has 1 heterocycles. The molecule has 49 heavy (non-hydrogen) atoms. The molecule has 0 bridgehead atoms. The van der Waals surface area contributed by atoms with E-state index in [0.29, 0.717) is 5.56 Å². The SMILES string of the molecule is [2H]c1c([2H])c([2H])c2c([2H])c(-c3c4ccccc4c(-c4ccc(-c5nc6ccccc6n5-c5ccc6ccccc6c5)cc4)c4ccccc34)c([2H])c([2H])c2c1[2H]. The van der Waals surface area contributed by atoms with Crippen molar-refractivity contribution >= 4 is 54.1 Å². The number of aromatic nitrogens is 2. The molecule has 0 saturated carbocycles. The van der Waals surface area contributed by atoms with Gasteiger partial charge in [0, 0.05) is 11.3 Å². The molecule has 0 unspecified atom stereocenters. The molecule has 0 aliphatic heterocycles. The molecule has 10 rings (SSSR count). The highest BCUT2D eigenvalue weighted by Gasteiger charge is 2.18. The molecule has 0 fully saturated rings. The van der Waals surface area contributed by atoms with Crippen molar-refractivity contribution in [3.63, 3.8) is 0 Å². The summed E-state index contributed by atoms with van der Waals surface area (Å²) in [6.45, 7) is 0. The van der Waals surface area contributed by atoms with Crippen LogP contribution < -0.4 is 0 Å². The van der Waals surface area contributed by atoms with Crippen LogP contribution >= 0.6 is 0 Å². The molecule has 1 aromatic heterocycles. The average molecular weight is 630 g/mol. The predicted octanol–water partition coefficient (Wildman–Crippen LogP) is 12.6. The lowest BCUT2D eigenvalue weighted by Gasteiger charge is -2.18. The lowest BCUT2D eigenvalue weighted by atomic mass is 9.85. The summed E-state index contributed by atoms with van der Waals surface area (Å²) in [6.07, 6.45) is 0. The molecule has 9 aromatic carbocycles. The maximum absolute atomic E-state index is 9.39. The normalized spacial score (nSPS) is 13.7. The Balaban J connectivity index is 1.19. The molecule has 2 nitrogen and oxygen atoms in total. The molecule has 228 valence electrons. The third-order valence-corrected chi connectivity index (χ3v) is 9.42. The summed E-state index contributed by atoms with van der Waals surface area (Å²) in [5.74, 6) is 0.824. The smallest absolute Gasteiger partial charge is 0.145 e. The minimum absolute atomic E-state index is 0.0606. The second kappa shape index (κ2) is 11.0. The Morgan fingerprint density at radius 1 is 0.449 bits per heavy atom. The fraction of sp³-hybridized carbons (Fsp3) is 0. The Morgan fingerprint density at radius 2 is 1.04 bits per heavy atom. The van der Waals surface area contributed by atoms with Crippen LogP contribution in [0.5, 0.6) is 0 Å². The van der Waals surface area contributed by atoms with E-state index in [0.717, 1.165) is 66.2 Å². The van der Waals surface area contributed by atoms with Crippen molar-refractivity contribution < 1.29 is 9.60 Å². The quantitative estimate of drug-likeness (QED) is 0.177. The molecule has 0 aliphatic rings. The first-order valence-electron chi connectivity index (χ1n) is 19.7. The van der Waals surface area contributed by atoms with E-state index < -0.39 is 18.1 Å². The van der Waals surface area contributed by atoms with Crippen molar-refractivity contribution in [2.75, 3.05) is 0 Å². The Hall–Kier alpha value is -6.51. The van der Waals surface area contributed by atoms with Crippen molar-refractivity contribution in [2.24, 2.45) is 0 Å². The van der Waals surface area contributed by atoms with Crippen LogP contribution in [0.4, 0.5) is 0 Å². The molecule has 10 aromatic rings. The summed E-state index contributed by atoms with van der Waals surface area (Å²) in [7, 11) is 0. The monoisotopic (exact) mass is 629 g/mol. The van der Waals surface area contributed by atoms with Gasteiger partial charge >= 0.3 is 0 Å². The summed E-state index contributed by atoms with van der Waals surface area (Å²) in [5.41, 5.74) is 6.56. The van der Waals surface area contributed by atoms with Crippen LogP contribution in [-0.2, 0) is 0 Å². The van der Waals surface area contributed by atoms with Crippen molar-refractivity contribution in [3.8, 4) is 39.3 Å². The van der Waals surface area contributed by atoms with Gasteiger partial charge in [-0.15, -0.1) is 0 Å². The van der Waals surface area contributed by atoms with Gasteiger partial charge < -0.3 is 0 Å².